The molecule has 8 atom stereocenters. The molecule has 4 saturated carbocycles. The molecule has 5 fully saturated rings. The van der Waals surface area contributed by atoms with Crippen molar-refractivity contribution < 1.29 is 28.9 Å². The first-order valence-electron chi connectivity index (χ1n) is 15.4. The second-order valence-electron chi connectivity index (χ2n) is 15.8. The Labute approximate surface area is 234 Å². The van der Waals surface area contributed by atoms with E-state index in [0.717, 1.165) is 57.8 Å². The molecule has 1 heterocycles. The summed E-state index contributed by atoms with van der Waals surface area (Å²) in [6, 6.07) is 0. The third kappa shape index (κ3) is 3.26. The molecule has 6 aliphatic rings. The van der Waals surface area contributed by atoms with Crippen molar-refractivity contribution in [3.63, 3.8) is 0 Å². The zero-order valence-corrected chi connectivity index (χ0v) is 25.3. The summed E-state index contributed by atoms with van der Waals surface area (Å²) in [6.45, 7) is 15.0. The van der Waals surface area contributed by atoms with Crippen LogP contribution in [0.15, 0.2) is 11.6 Å². The molecule has 6 rings (SSSR count). The molecule has 6 nitrogen and oxygen atoms in total. The van der Waals surface area contributed by atoms with Crippen LogP contribution >= 0.6 is 0 Å². The summed E-state index contributed by atoms with van der Waals surface area (Å²) < 4.78 is 18.0. The van der Waals surface area contributed by atoms with Crippen molar-refractivity contribution in [1.29, 1.82) is 0 Å². The number of ether oxygens (including phenoxy) is 3. The lowest BCUT2D eigenvalue weighted by Crippen LogP contribution is -2.68. The van der Waals surface area contributed by atoms with Gasteiger partial charge >= 0.3 is 5.97 Å². The van der Waals surface area contributed by atoms with Gasteiger partial charge in [0.2, 0.25) is 0 Å². The molecule has 1 aliphatic heterocycles. The van der Waals surface area contributed by atoms with Gasteiger partial charge in [-0.25, -0.2) is 0 Å². The molecule has 0 bridgehead atoms. The van der Waals surface area contributed by atoms with E-state index in [0.29, 0.717) is 13.2 Å². The fourth-order valence-electron chi connectivity index (χ4n) is 11.5. The molecule has 1 saturated heterocycles. The van der Waals surface area contributed by atoms with Crippen LogP contribution in [0.5, 0.6) is 0 Å². The van der Waals surface area contributed by atoms with Gasteiger partial charge in [0.15, 0.2) is 11.6 Å². The molecular formula is C33H50O6. The Morgan fingerprint density at radius 3 is 2.28 bits per heavy atom. The molecule has 6 heteroatoms. The number of methoxy groups -OCH3 is 1. The van der Waals surface area contributed by atoms with Crippen molar-refractivity contribution in [1.82, 2.24) is 0 Å². The smallest absolute Gasteiger partial charge is 0.312 e. The third-order valence-electron chi connectivity index (χ3n) is 14.0. The lowest BCUT2D eigenvalue weighted by atomic mass is 9.33. The minimum absolute atomic E-state index is 0.00211. The fraction of sp³-hybridized carbons (Fsp3) is 0.879. The van der Waals surface area contributed by atoms with Crippen LogP contribution in [0.25, 0.3) is 0 Å². The minimum Gasteiger partial charge on any atom is -0.469 e. The van der Waals surface area contributed by atoms with Gasteiger partial charge in [-0.15, -0.1) is 0 Å². The van der Waals surface area contributed by atoms with Gasteiger partial charge in [0.1, 0.15) is 0 Å². The molecule has 1 spiro atoms. The van der Waals surface area contributed by atoms with Crippen LogP contribution < -0.4 is 0 Å². The summed E-state index contributed by atoms with van der Waals surface area (Å²) in [5, 5.41) is 10.9. The first kappa shape index (κ1) is 27.9. The van der Waals surface area contributed by atoms with Gasteiger partial charge in [0, 0.05) is 17.8 Å². The Morgan fingerprint density at radius 2 is 1.64 bits per heavy atom. The monoisotopic (exact) mass is 542 g/mol. The van der Waals surface area contributed by atoms with Crippen LogP contribution in [-0.2, 0) is 23.8 Å². The lowest BCUT2D eigenvalue weighted by Gasteiger charge is -2.70. The standard InChI is InChI=1S/C33H50O6/c1-27(2)10-13-32(26(36)37-7)14-12-30(5)25(21(32)19-27)22(35)18-24-28(3)11-15-33(38-16-17-39-33)31(6,20-34)23(28)8-9-29(24,30)4/h18,21,23,25,34H,8-17,19-20H2,1-7H3/t21-,23+,25-,28-,29+,30+,31-,32-/m0/s1. The maximum Gasteiger partial charge on any atom is 0.312 e. The molecule has 39 heavy (non-hydrogen) atoms. The van der Waals surface area contributed by atoms with Gasteiger partial charge in [0.05, 0.1) is 32.3 Å². The van der Waals surface area contributed by atoms with Crippen molar-refractivity contribution in [2.24, 2.45) is 50.2 Å². The number of hydrogen-bond donors (Lipinski definition) is 1. The first-order chi connectivity index (χ1) is 18.2. The van der Waals surface area contributed by atoms with Gasteiger partial charge in [0.25, 0.3) is 0 Å². The SMILES string of the molecule is COC(=O)[C@]12CCC(C)(C)C[C@H]1[C@H]1C(=O)C=C3[C@@]4(C)CCC5(OCCO5)[C@@](C)(CO)[C@@H]4CC[C@@]3(C)[C@]1(C)CC2. The Hall–Kier alpha value is -1.24. The van der Waals surface area contributed by atoms with Crippen LogP contribution in [-0.4, -0.2) is 49.6 Å². The zero-order chi connectivity index (χ0) is 28.3. The number of ketones is 1. The molecule has 0 aromatic carbocycles. The highest BCUT2D eigenvalue weighted by atomic mass is 16.7. The Kier molecular flexibility index (Phi) is 6.02. The number of hydrogen-bond acceptors (Lipinski definition) is 6. The highest BCUT2D eigenvalue weighted by Gasteiger charge is 2.73. The van der Waals surface area contributed by atoms with Crippen LogP contribution in [0.3, 0.4) is 0 Å². The number of aliphatic hydroxyl groups is 1. The van der Waals surface area contributed by atoms with E-state index in [9.17, 15) is 14.7 Å². The second-order valence-corrected chi connectivity index (χ2v) is 15.8. The number of fused-ring (bicyclic) bond motifs is 7. The Morgan fingerprint density at radius 1 is 0.974 bits per heavy atom. The van der Waals surface area contributed by atoms with E-state index < -0.39 is 16.6 Å². The minimum atomic E-state index is -0.746. The van der Waals surface area contributed by atoms with Crippen molar-refractivity contribution in [3.05, 3.63) is 11.6 Å². The van der Waals surface area contributed by atoms with Gasteiger partial charge < -0.3 is 19.3 Å². The molecule has 0 unspecified atom stereocenters. The Balaban J connectivity index is 1.46. The van der Waals surface area contributed by atoms with Crippen LogP contribution in [0.2, 0.25) is 0 Å². The van der Waals surface area contributed by atoms with E-state index >= 15 is 0 Å². The number of rotatable bonds is 2. The normalized spacial score (nSPS) is 49.8. The summed E-state index contributed by atoms with van der Waals surface area (Å²) in [7, 11) is 1.51. The topological polar surface area (TPSA) is 82.1 Å². The van der Waals surface area contributed by atoms with Crippen LogP contribution in [0, 0.1) is 50.2 Å². The summed E-state index contributed by atoms with van der Waals surface area (Å²) in [6.07, 6.45) is 9.89. The number of aliphatic hydroxyl groups excluding tert-OH is 1. The second kappa shape index (κ2) is 8.41. The van der Waals surface area contributed by atoms with E-state index in [2.05, 4.69) is 41.5 Å². The molecule has 0 aromatic heterocycles. The summed E-state index contributed by atoms with van der Waals surface area (Å²) in [5.41, 5.74) is -0.338. The maximum absolute atomic E-state index is 14.5. The Bertz CT molecular complexity index is 1100. The van der Waals surface area contributed by atoms with E-state index in [4.69, 9.17) is 14.2 Å². The molecule has 218 valence electrons. The molecule has 0 amide bonds. The summed E-state index contributed by atoms with van der Waals surface area (Å²) >= 11 is 0. The average Bonchev–Trinajstić information content (AvgIpc) is 3.38. The predicted octanol–water partition coefficient (Wildman–Crippen LogP) is 5.86. The summed E-state index contributed by atoms with van der Waals surface area (Å²) in [4.78, 5) is 28.0. The average molecular weight is 543 g/mol. The van der Waals surface area contributed by atoms with E-state index in [1.807, 2.05) is 6.08 Å². The number of allylic oxidation sites excluding steroid dienone is 2. The van der Waals surface area contributed by atoms with Crippen molar-refractivity contribution >= 4 is 11.8 Å². The first-order valence-corrected chi connectivity index (χ1v) is 15.4. The third-order valence-corrected chi connectivity index (χ3v) is 14.0. The number of esters is 1. The fourth-order valence-corrected chi connectivity index (χ4v) is 11.5. The maximum atomic E-state index is 14.5. The molecule has 0 radical (unpaired) electrons. The zero-order valence-electron chi connectivity index (χ0n) is 25.3. The molecule has 0 aromatic rings. The summed E-state index contributed by atoms with van der Waals surface area (Å²) in [5.74, 6) is -0.676. The van der Waals surface area contributed by atoms with Crippen LogP contribution in [0.1, 0.15) is 99.3 Å². The largest absolute Gasteiger partial charge is 0.469 e. The number of carbonyl (C=O) groups excluding carboxylic acids is 2. The molecule has 1 N–H and O–H groups in total. The van der Waals surface area contributed by atoms with Crippen molar-refractivity contribution in [2.45, 2.75) is 105 Å². The van der Waals surface area contributed by atoms with Crippen molar-refractivity contribution in [2.75, 3.05) is 26.9 Å². The van der Waals surface area contributed by atoms with E-state index in [-0.39, 0.29) is 57.8 Å². The quantitative estimate of drug-likeness (QED) is 0.441. The molecular weight excluding hydrogens is 492 g/mol. The van der Waals surface area contributed by atoms with Gasteiger partial charge in [-0.3, -0.25) is 9.59 Å². The van der Waals surface area contributed by atoms with Gasteiger partial charge in [-0.05, 0) is 90.9 Å². The van der Waals surface area contributed by atoms with Crippen molar-refractivity contribution in [3.8, 4) is 0 Å². The highest BCUT2D eigenvalue weighted by Crippen LogP contribution is 2.76. The number of carbonyl (C=O) groups is 2. The lowest BCUT2D eigenvalue weighted by molar-refractivity contribution is -0.302. The van der Waals surface area contributed by atoms with Gasteiger partial charge in [-0.1, -0.05) is 47.1 Å². The molecule has 5 aliphatic carbocycles. The van der Waals surface area contributed by atoms with Crippen LogP contribution in [0.4, 0.5) is 0 Å². The highest BCUT2D eigenvalue weighted by molar-refractivity contribution is 5.96. The van der Waals surface area contributed by atoms with E-state index in [1.54, 1.807) is 0 Å². The predicted molar refractivity (Wildman–Crippen MR) is 147 cm³/mol. The van der Waals surface area contributed by atoms with Gasteiger partial charge in [-0.2, -0.15) is 0 Å². The van der Waals surface area contributed by atoms with E-state index in [1.165, 1.54) is 12.7 Å².